The summed E-state index contributed by atoms with van der Waals surface area (Å²) in [4.78, 5) is 4.07. The Hall–Kier alpha value is -1.61. The van der Waals surface area contributed by atoms with E-state index in [1.165, 1.54) is 16.7 Å². The minimum atomic E-state index is 0.358. The summed E-state index contributed by atoms with van der Waals surface area (Å²) in [5, 5.41) is 3.64. The molecule has 0 radical (unpaired) electrons. The van der Waals surface area contributed by atoms with E-state index in [9.17, 15) is 0 Å². The fourth-order valence-electron chi connectivity index (χ4n) is 2.55. The lowest BCUT2D eigenvalue weighted by atomic mass is 10.0. The third-order valence-electron chi connectivity index (χ3n) is 3.32. The highest BCUT2D eigenvalue weighted by molar-refractivity contribution is 5.30. The predicted molar refractivity (Wildman–Crippen MR) is 79.2 cm³/mol. The van der Waals surface area contributed by atoms with Crippen LogP contribution in [0.25, 0.3) is 0 Å². The van der Waals surface area contributed by atoms with Crippen LogP contribution >= 0.6 is 0 Å². The van der Waals surface area contributed by atoms with E-state index in [1.807, 2.05) is 18.7 Å². The molecular weight excluding hydrogens is 234 g/mol. The Morgan fingerprint density at radius 3 is 2.42 bits per heavy atom. The van der Waals surface area contributed by atoms with Gasteiger partial charge in [0.1, 0.15) is 0 Å². The second-order valence-electron chi connectivity index (χ2n) is 5.47. The summed E-state index contributed by atoms with van der Waals surface area (Å²) in [5.41, 5.74) is 4.01. The van der Waals surface area contributed by atoms with E-state index >= 15 is 0 Å². The molecule has 3 nitrogen and oxygen atoms in total. The van der Waals surface area contributed by atoms with Gasteiger partial charge in [-0.1, -0.05) is 29.3 Å². The zero-order valence-electron chi connectivity index (χ0n) is 12.2. The van der Waals surface area contributed by atoms with Gasteiger partial charge in [0.05, 0.1) is 6.33 Å². The molecule has 0 bridgehead atoms. The summed E-state index contributed by atoms with van der Waals surface area (Å²) in [6, 6.07) is 7.50. The molecule has 1 aromatic carbocycles. The predicted octanol–water partition coefficient (Wildman–Crippen LogP) is 3.24. The van der Waals surface area contributed by atoms with Crippen molar-refractivity contribution in [2.24, 2.45) is 0 Å². The lowest BCUT2D eigenvalue weighted by Gasteiger charge is -2.21. The van der Waals surface area contributed by atoms with Gasteiger partial charge in [0.15, 0.2) is 0 Å². The highest BCUT2D eigenvalue weighted by Gasteiger charge is 2.10. The topological polar surface area (TPSA) is 29.9 Å². The van der Waals surface area contributed by atoms with Gasteiger partial charge in [0, 0.05) is 31.0 Å². The summed E-state index contributed by atoms with van der Waals surface area (Å²) in [7, 11) is 0. The van der Waals surface area contributed by atoms with Crippen LogP contribution in [-0.4, -0.2) is 15.6 Å². The molecule has 0 amide bonds. The molecule has 0 aliphatic rings. The van der Waals surface area contributed by atoms with Gasteiger partial charge in [-0.3, -0.25) is 0 Å². The van der Waals surface area contributed by atoms with Crippen molar-refractivity contribution in [3.8, 4) is 0 Å². The summed E-state index contributed by atoms with van der Waals surface area (Å²) in [6.07, 6.45) is 5.68. The maximum absolute atomic E-state index is 4.07. The van der Waals surface area contributed by atoms with Crippen molar-refractivity contribution >= 4 is 0 Å². The normalized spacial score (nSPS) is 14.3. The molecule has 2 aromatic rings. The van der Waals surface area contributed by atoms with E-state index < -0.39 is 0 Å². The molecule has 0 aliphatic carbocycles. The van der Waals surface area contributed by atoms with Crippen LogP contribution < -0.4 is 5.32 Å². The van der Waals surface area contributed by atoms with Crippen LogP contribution in [0.4, 0.5) is 0 Å². The van der Waals surface area contributed by atoms with E-state index in [2.05, 4.69) is 60.8 Å². The van der Waals surface area contributed by atoms with Crippen LogP contribution in [0.2, 0.25) is 0 Å². The van der Waals surface area contributed by atoms with Gasteiger partial charge >= 0.3 is 0 Å². The minimum Gasteiger partial charge on any atom is -0.336 e. The van der Waals surface area contributed by atoms with Gasteiger partial charge in [-0.05, 0) is 33.3 Å². The van der Waals surface area contributed by atoms with E-state index in [-0.39, 0.29) is 0 Å². The molecule has 2 atom stereocenters. The van der Waals surface area contributed by atoms with Crippen molar-refractivity contribution in [1.82, 2.24) is 14.9 Å². The number of hydrogen-bond donors (Lipinski definition) is 1. The first-order valence-electron chi connectivity index (χ1n) is 6.84. The second kappa shape index (κ2) is 6.02. The monoisotopic (exact) mass is 257 g/mol. The largest absolute Gasteiger partial charge is 0.336 e. The van der Waals surface area contributed by atoms with Crippen molar-refractivity contribution in [1.29, 1.82) is 0 Å². The first kappa shape index (κ1) is 13.8. The average molecular weight is 257 g/mol. The highest BCUT2D eigenvalue weighted by atomic mass is 15.1. The number of benzene rings is 1. The Morgan fingerprint density at radius 1 is 1.16 bits per heavy atom. The van der Waals surface area contributed by atoms with Gasteiger partial charge in [0.2, 0.25) is 0 Å². The first-order valence-corrected chi connectivity index (χ1v) is 6.84. The SMILES string of the molecule is Cc1cc(C)cc(C(C)NC(C)Cn2ccnc2)c1. The Morgan fingerprint density at radius 2 is 1.84 bits per heavy atom. The number of nitrogens with zero attached hydrogens (tertiary/aromatic N) is 2. The molecule has 0 aliphatic heterocycles. The summed E-state index contributed by atoms with van der Waals surface area (Å²) < 4.78 is 2.10. The van der Waals surface area contributed by atoms with E-state index in [4.69, 9.17) is 0 Å². The molecule has 0 fully saturated rings. The van der Waals surface area contributed by atoms with Crippen LogP contribution in [0.15, 0.2) is 36.9 Å². The van der Waals surface area contributed by atoms with Gasteiger partial charge in [-0.25, -0.2) is 4.98 Å². The average Bonchev–Trinajstić information content (AvgIpc) is 2.80. The third kappa shape index (κ3) is 3.93. The molecule has 2 rings (SSSR count). The van der Waals surface area contributed by atoms with Crippen LogP contribution in [0.5, 0.6) is 0 Å². The fourth-order valence-corrected chi connectivity index (χ4v) is 2.55. The van der Waals surface area contributed by atoms with Crippen molar-refractivity contribution in [3.05, 3.63) is 53.6 Å². The summed E-state index contributed by atoms with van der Waals surface area (Å²) >= 11 is 0. The lowest BCUT2D eigenvalue weighted by molar-refractivity contribution is 0.430. The molecule has 1 heterocycles. The lowest BCUT2D eigenvalue weighted by Crippen LogP contribution is -2.32. The van der Waals surface area contributed by atoms with Gasteiger partial charge in [-0.2, -0.15) is 0 Å². The Kier molecular flexibility index (Phi) is 4.38. The fraction of sp³-hybridized carbons (Fsp3) is 0.438. The molecule has 1 N–H and O–H groups in total. The van der Waals surface area contributed by atoms with Gasteiger partial charge in [-0.15, -0.1) is 0 Å². The minimum absolute atomic E-state index is 0.358. The molecule has 0 saturated heterocycles. The highest BCUT2D eigenvalue weighted by Crippen LogP contribution is 2.17. The standard InChI is InChI=1S/C16H23N3/c1-12-7-13(2)9-16(8-12)15(4)18-14(3)10-19-6-5-17-11-19/h5-9,11,14-15,18H,10H2,1-4H3. The van der Waals surface area contributed by atoms with Gasteiger partial charge < -0.3 is 9.88 Å². The second-order valence-corrected chi connectivity index (χ2v) is 5.47. The maximum Gasteiger partial charge on any atom is 0.0946 e. The number of imidazole rings is 1. The van der Waals surface area contributed by atoms with E-state index in [1.54, 1.807) is 0 Å². The molecule has 1 aromatic heterocycles. The molecular formula is C16H23N3. The molecule has 2 unspecified atom stereocenters. The Labute approximate surface area is 115 Å². The van der Waals surface area contributed by atoms with Crippen LogP contribution in [0.3, 0.4) is 0 Å². The molecule has 0 spiro atoms. The zero-order chi connectivity index (χ0) is 13.8. The smallest absolute Gasteiger partial charge is 0.0946 e. The zero-order valence-corrected chi connectivity index (χ0v) is 12.2. The number of rotatable bonds is 5. The number of hydrogen-bond acceptors (Lipinski definition) is 2. The number of aryl methyl sites for hydroxylation is 2. The van der Waals surface area contributed by atoms with Crippen molar-refractivity contribution in [2.75, 3.05) is 0 Å². The molecule has 0 saturated carbocycles. The van der Waals surface area contributed by atoms with Crippen molar-refractivity contribution in [3.63, 3.8) is 0 Å². The van der Waals surface area contributed by atoms with Crippen LogP contribution in [0.1, 0.15) is 36.6 Å². The quantitative estimate of drug-likeness (QED) is 0.891. The van der Waals surface area contributed by atoms with Gasteiger partial charge in [0.25, 0.3) is 0 Å². The first-order chi connectivity index (χ1) is 9.04. The number of nitrogens with one attached hydrogen (secondary N) is 1. The molecule has 102 valence electrons. The van der Waals surface area contributed by atoms with Crippen LogP contribution in [0, 0.1) is 13.8 Å². The Balaban J connectivity index is 1.98. The summed E-state index contributed by atoms with van der Waals surface area (Å²) in [5.74, 6) is 0. The van der Waals surface area contributed by atoms with E-state index in [0.717, 1.165) is 6.54 Å². The molecule has 19 heavy (non-hydrogen) atoms. The number of aromatic nitrogens is 2. The van der Waals surface area contributed by atoms with Crippen LogP contribution in [-0.2, 0) is 6.54 Å². The van der Waals surface area contributed by atoms with Crippen molar-refractivity contribution < 1.29 is 0 Å². The molecule has 3 heteroatoms. The van der Waals surface area contributed by atoms with Crippen molar-refractivity contribution in [2.45, 2.75) is 46.3 Å². The van der Waals surface area contributed by atoms with E-state index in [0.29, 0.717) is 12.1 Å². The maximum atomic E-state index is 4.07. The third-order valence-corrected chi connectivity index (χ3v) is 3.32. The Bertz CT molecular complexity index is 497. The summed E-state index contributed by atoms with van der Waals surface area (Å²) in [6.45, 7) is 9.67.